The number of carbonyl (C=O) groups excluding carboxylic acids is 1. The van der Waals surface area contributed by atoms with E-state index < -0.39 is 0 Å². The second-order valence-electron chi connectivity index (χ2n) is 4.88. The third-order valence-electron chi connectivity index (χ3n) is 3.33. The van der Waals surface area contributed by atoms with Gasteiger partial charge < -0.3 is 10.3 Å². The van der Waals surface area contributed by atoms with Crippen molar-refractivity contribution in [2.24, 2.45) is 5.84 Å². The molecule has 1 amide bonds. The van der Waals surface area contributed by atoms with Crippen LogP contribution in [0.2, 0.25) is 5.02 Å². The van der Waals surface area contributed by atoms with Gasteiger partial charge in [0, 0.05) is 22.5 Å². The maximum atomic E-state index is 12.2. The zero-order valence-electron chi connectivity index (χ0n) is 11.4. The van der Waals surface area contributed by atoms with E-state index in [1.165, 1.54) is 0 Å². The lowest BCUT2D eigenvalue weighted by atomic mass is 10.2. The van der Waals surface area contributed by atoms with E-state index in [9.17, 15) is 4.79 Å². The molecule has 1 aliphatic rings. The molecule has 7 heteroatoms. The van der Waals surface area contributed by atoms with Gasteiger partial charge in [-0.25, -0.2) is 15.8 Å². The molecule has 1 aromatic carbocycles. The molecule has 0 aliphatic carbocycles. The molecule has 2 heterocycles. The molecule has 3 rings (SSSR count). The predicted molar refractivity (Wildman–Crippen MR) is 80.9 cm³/mol. The lowest BCUT2D eigenvalue weighted by molar-refractivity contribution is -0.117. The summed E-state index contributed by atoms with van der Waals surface area (Å²) in [5.74, 6) is 6.45. The number of benzene rings is 1. The Hall–Kier alpha value is -2.18. The molecule has 2 aromatic rings. The van der Waals surface area contributed by atoms with Crippen LogP contribution in [0.5, 0.6) is 0 Å². The number of rotatable bonds is 3. The van der Waals surface area contributed by atoms with Gasteiger partial charge in [-0.3, -0.25) is 4.79 Å². The molecular formula is C14H14ClN5O. The van der Waals surface area contributed by atoms with Crippen molar-refractivity contribution >= 4 is 29.0 Å². The van der Waals surface area contributed by atoms with Gasteiger partial charge in [0.2, 0.25) is 5.91 Å². The Morgan fingerprint density at radius 2 is 2.19 bits per heavy atom. The molecule has 0 unspecified atom stereocenters. The highest BCUT2D eigenvalue weighted by molar-refractivity contribution is 6.31. The summed E-state index contributed by atoms with van der Waals surface area (Å²) in [4.78, 5) is 22.4. The number of nitrogens with one attached hydrogen (secondary N) is 1. The van der Waals surface area contributed by atoms with Crippen LogP contribution in [-0.2, 0) is 17.8 Å². The third kappa shape index (κ3) is 2.68. The first-order valence-corrected chi connectivity index (χ1v) is 6.84. The molecule has 108 valence electrons. The highest BCUT2D eigenvalue weighted by Crippen LogP contribution is 2.32. The second-order valence-corrected chi connectivity index (χ2v) is 5.32. The van der Waals surface area contributed by atoms with Crippen LogP contribution in [0.1, 0.15) is 17.1 Å². The molecule has 0 atom stereocenters. The second kappa shape index (κ2) is 5.31. The highest BCUT2D eigenvalue weighted by Gasteiger charge is 2.28. The fourth-order valence-corrected chi connectivity index (χ4v) is 2.59. The summed E-state index contributed by atoms with van der Waals surface area (Å²) >= 11 is 6.02. The quantitative estimate of drug-likeness (QED) is 0.667. The van der Waals surface area contributed by atoms with Crippen molar-refractivity contribution in [3.8, 4) is 0 Å². The number of aromatic nitrogens is 2. The summed E-state index contributed by atoms with van der Waals surface area (Å²) in [6.45, 7) is 2.14. The van der Waals surface area contributed by atoms with E-state index in [0.717, 1.165) is 16.9 Å². The first-order chi connectivity index (χ1) is 10.1. The molecule has 0 radical (unpaired) electrons. The Labute approximate surface area is 126 Å². The summed E-state index contributed by atoms with van der Waals surface area (Å²) in [7, 11) is 0. The largest absolute Gasteiger partial charge is 0.308 e. The third-order valence-corrected chi connectivity index (χ3v) is 3.56. The zero-order valence-corrected chi connectivity index (χ0v) is 12.2. The first kappa shape index (κ1) is 13.8. The number of hydrogen-bond donors (Lipinski definition) is 2. The van der Waals surface area contributed by atoms with Crippen LogP contribution < -0.4 is 16.2 Å². The number of hydrazine groups is 1. The number of anilines is 2. The molecule has 1 aromatic heterocycles. The molecule has 0 saturated heterocycles. The van der Waals surface area contributed by atoms with Crippen LogP contribution in [-0.4, -0.2) is 15.9 Å². The van der Waals surface area contributed by atoms with Gasteiger partial charge >= 0.3 is 0 Å². The van der Waals surface area contributed by atoms with E-state index in [2.05, 4.69) is 15.4 Å². The molecule has 6 nitrogen and oxygen atoms in total. The van der Waals surface area contributed by atoms with Gasteiger partial charge in [0.25, 0.3) is 0 Å². The zero-order chi connectivity index (χ0) is 15.0. The number of nitrogens with two attached hydrogens (primary N) is 1. The van der Waals surface area contributed by atoms with E-state index in [4.69, 9.17) is 17.4 Å². The lowest BCUT2D eigenvalue weighted by Gasteiger charge is -2.17. The van der Waals surface area contributed by atoms with E-state index >= 15 is 0 Å². The number of aryl methyl sites for hydroxylation is 1. The van der Waals surface area contributed by atoms with Gasteiger partial charge in [-0.1, -0.05) is 17.7 Å². The van der Waals surface area contributed by atoms with Gasteiger partial charge in [0.15, 0.2) is 5.82 Å². The van der Waals surface area contributed by atoms with Crippen LogP contribution in [0.25, 0.3) is 0 Å². The standard InChI is InChI=1S/C14H14ClN5O/c1-8-4-12(19-16)18-13(17-8)7-20-11-6-10(15)3-2-9(11)5-14(20)21/h2-4,6H,5,7,16H2,1H3,(H,17,18,19). The smallest absolute Gasteiger partial charge is 0.231 e. The minimum atomic E-state index is 0.0135. The van der Waals surface area contributed by atoms with Crippen molar-refractivity contribution in [3.05, 3.63) is 46.4 Å². The first-order valence-electron chi connectivity index (χ1n) is 6.47. The van der Waals surface area contributed by atoms with Crippen LogP contribution in [0.3, 0.4) is 0 Å². The van der Waals surface area contributed by atoms with E-state index in [-0.39, 0.29) is 5.91 Å². The average molecular weight is 304 g/mol. The van der Waals surface area contributed by atoms with Gasteiger partial charge in [0.05, 0.1) is 13.0 Å². The number of amides is 1. The monoisotopic (exact) mass is 303 g/mol. The lowest BCUT2D eigenvalue weighted by Crippen LogP contribution is -2.27. The van der Waals surface area contributed by atoms with Crippen molar-refractivity contribution in [1.82, 2.24) is 9.97 Å². The Balaban J connectivity index is 1.94. The Morgan fingerprint density at radius 1 is 1.38 bits per heavy atom. The van der Waals surface area contributed by atoms with Crippen molar-refractivity contribution < 1.29 is 4.79 Å². The van der Waals surface area contributed by atoms with Crippen molar-refractivity contribution in [2.45, 2.75) is 19.9 Å². The number of carbonyl (C=O) groups is 1. The maximum Gasteiger partial charge on any atom is 0.231 e. The number of hydrogen-bond acceptors (Lipinski definition) is 5. The molecule has 0 bridgehead atoms. The van der Waals surface area contributed by atoms with Crippen molar-refractivity contribution in [1.29, 1.82) is 0 Å². The molecule has 21 heavy (non-hydrogen) atoms. The maximum absolute atomic E-state index is 12.2. The van der Waals surface area contributed by atoms with Gasteiger partial charge in [-0.15, -0.1) is 0 Å². The molecule has 0 fully saturated rings. The van der Waals surface area contributed by atoms with E-state index in [1.807, 2.05) is 13.0 Å². The Morgan fingerprint density at radius 3 is 2.95 bits per heavy atom. The van der Waals surface area contributed by atoms with Gasteiger partial charge in [-0.2, -0.15) is 0 Å². The molecule has 1 aliphatic heterocycles. The number of fused-ring (bicyclic) bond motifs is 1. The van der Waals surface area contributed by atoms with E-state index in [0.29, 0.717) is 29.6 Å². The summed E-state index contributed by atoms with van der Waals surface area (Å²) < 4.78 is 0. The van der Waals surface area contributed by atoms with Gasteiger partial charge in [0.1, 0.15) is 5.82 Å². The summed E-state index contributed by atoms with van der Waals surface area (Å²) in [5.41, 5.74) is 5.07. The summed E-state index contributed by atoms with van der Waals surface area (Å²) in [6, 6.07) is 7.19. The SMILES string of the molecule is Cc1cc(NN)nc(CN2C(=O)Cc3ccc(Cl)cc32)n1. The molecule has 3 N–H and O–H groups in total. The predicted octanol–water partition coefficient (Wildman–Crippen LogP) is 1.81. The van der Waals surface area contributed by atoms with Crippen LogP contribution >= 0.6 is 11.6 Å². The molecule has 0 spiro atoms. The average Bonchev–Trinajstić information content (AvgIpc) is 2.74. The number of nitrogens with zero attached hydrogens (tertiary/aromatic N) is 3. The molecular weight excluding hydrogens is 290 g/mol. The van der Waals surface area contributed by atoms with Crippen LogP contribution in [0.15, 0.2) is 24.3 Å². The van der Waals surface area contributed by atoms with E-state index in [1.54, 1.807) is 23.1 Å². The summed E-state index contributed by atoms with van der Waals surface area (Å²) in [6.07, 6.45) is 0.375. The van der Waals surface area contributed by atoms with Crippen LogP contribution in [0, 0.1) is 6.92 Å². The normalized spacial score (nSPS) is 13.5. The number of halogens is 1. The Bertz CT molecular complexity index is 719. The highest BCUT2D eigenvalue weighted by atomic mass is 35.5. The fraction of sp³-hybridized carbons (Fsp3) is 0.214. The minimum absolute atomic E-state index is 0.0135. The fourth-order valence-electron chi connectivity index (χ4n) is 2.42. The Kier molecular flexibility index (Phi) is 3.48. The molecule has 0 saturated carbocycles. The summed E-state index contributed by atoms with van der Waals surface area (Å²) in [5, 5.41) is 0.600. The number of nitrogen functional groups attached to an aromatic ring is 1. The van der Waals surface area contributed by atoms with Crippen molar-refractivity contribution in [2.75, 3.05) is 10.3 Å². The van der Waals surface area contributed by atoms with Gasteiger partial charge in [-0.05, 0) is 24.6 Å². The minimum Gasteiger partial charge on any atom is -0.308 e. The van der Waals surface area contributed by atoms with Crippen molar-refractivity contribution in [3.63, 3.8) is 0 Å². The van der Waals surface area contributed by atoms with Crippen LogP contribution in [0.4, 0.5) is 11.5 Å². The topological polar surface area (TPSA) is 84.1 Å².